The first kappa shape index (κ1) is 19.3. The fraction of sp³-hybridized carbons (Fsp3) is 0.0952. The van der Waals surface area contributed by atoms with Gasteiger partial charge in [-0.1, -0.05) is 35.5 Å². The summed E-state index contributed by atoms with van der Waals surface area (Å²) < 4.78 is 5.27. The van der Waals surface area contributed by atoms with Crippen molar-refractivity contribution in [3.05, 3.63) is 71.4 Å². The van der Waals surface area contributed by atoms with E-state index in [0.29, 0.717) is 32.7 Å². The molecule has 1 aliphatic heterocycles. The Hall–Kier alpha value is -3.03. The molecule has 0 aliphatic carbocycles. The van der Waals surface area contributed by atoms with Gasteiger partial charge in [-0.25, -0.2) is 4.98 Å². The first-order chi connectivity index (χ1) is 14.1. The molecule has 2 aromatic carbocycles. The number of fused-ring (bicyclic) bond motifs is 2. The Balaban J connectivity index is 1.66. The van der Waals surface area contributed by atoms with Crippen LogP contribution in [0.1, 0.15) is 10.4 Å². The third-order valence-electron chi connectivity index (χ3n) is 4.35. The van der Waals surface area contributed by atoms with E-state index in [-0.39, 0.29) is 18.4 Å². The molecular weight excluding hydrogens is 410 g/mol. The number of para-hydroxylation sites is 1. The number of nitrogens with one attached hydrogen (secondary N) is 1. The van der Waals surface area contributed by atoms with Crippen LogP contribution in [-0.4, -0.2) is 30.5 Å². The Morgan fingerprint density at radius 3 is 2.86 bits per heavy atom. The molecule has 6 nitrogen and oxygen atoms in total. The highest BCUT2D eigenvalue weighted by Gasteiger charge is 2.29. The van der Waals surface area contributed by atoms with Crippen LogP contribution in [0.4, 0.5) is 11.4 Å². The van der Waals surface area contributed by atoms with Gasteiger partial charge in [0, 0.05) is 16.1 Å². The van der Waals surface area contributed by atoms with Gasteiger partial charge in [0.15, 0.2) is 0 Å². The van der Waals surface area contributed by atoms with Gasteiger partial charge in [0.1, 0.15) is 17.3 Å². The summed E-state index contributed by atoms with van der Waals surface area (Å²) in [6.07, 6.45) is 1.65. The van der Waals surface area contributed by atoms with Crippen LogP contribution in [0, 0.1) is 0 Å². The summed E-state index contributed by atoms with van der Waals surface area (Å²) in [6, 6.07) is 15.8. The third-order valence-corrected chi connectivity index (χ3v) is 5.67. The fourth-order valence-corrected chi connectivity index (χ4v) is 4.22. The van der Waals surface area contributed by atoms with Crippen LogP contribution in [0.3, 0.4) is 0 Å². The minimum Gasteiger partial charge on any atom is -0.495 e. The van der Waals surface area contributed by atoms with Gasteiger partial charge in [-0.2, -0.15) is 0 Å². The van der Waals surface area contributed by atoms with Gasteiger partial charge in [0.05, 0.1) is 24.0 Å². The normalized spacial score (nSPS) is 12.6. The van der Waals surface area contributed by atoms with Crippen LogP contribution in [-0.2, 0) is 4.79 Å². The lowest BCUT2D eigenvalue weighted by atomic mass is 10.2. The van der Waals surface area contributed by atoms with Crippen molar-refractivity contribution in [1.29, 1.82) is 0 Å². The largest absolute Gasteiger partial charge is 0.495 e. The van der Waals surface area contributed by atoms with E-state index >= 15 is 0 Å². The number of benzene rings is 2. The van der Waals surface area contributed by atoms with Crippen molar-refractivity contribution >= 4 is 46.6 Å². The first-order valence-electron chi connectivity index (χ1n) is 8.74. The molecule has 0 saturated heterocycles. The smallest absolute Gasteiger partial charge is 0.261 e. The number of anilines is 2. The van der Waals surface area contributed by atoms with E-state index in [1.54, 1.807) is 36.5 Å². The number of rotatable bonds is 4. The number of amides is 2. The van der Waals surface area contributed by atoms with Crippen molar-refractivity contribution in [2.45, 2.75) is 9.92 Å². The second-order valence-corrected chi connectivity index (χ2v) is 7.68. The summed E-state index contributed by atoms with van der Waals surface area (Å²) in [5.74, 6) is -0.166. The van der Waals surface area contributed by atoms with E-state index in [9.17, 15) is 9.59 Å². The van der Waals surface area contributed by atoms with E-state index in [2.05, 4.69) is 10.3 Å². The molecular formula is C21H16ClN3O3S. The van der Waals surface area contributed by atoms with E-state index in [1.807, 2.05) is 24.3 Å². The number of hydrogen-bond acceptors (Lipinski definition) is 5. The highest BCUT2D eigenvalue weighted by atomic mass is 35.5. The summed E-state index contributed by atoms with van der Waals surface area (Å²) in [4.78, 5) is 32.7. The maximum Gasteiger partial charge on any atom is 0.261 e. The molecule has 0 unspecified atom stereocenters. The minimum absolute atomic E-state index is 0.166. The molecule has 2 amide bonds. The van der Waals surface area contributed by atoms with E-state index in [0.717, 1.165) is 4.90 Å². The zero-order chi connectivity index (χ0) is 20.4. The maximum atomic E-state index is 13.2. The van der Waals surface area contributed by atoms with Gasteiger partial charge < -0.3 is 10.1 Å². The van der Waals surface area contributed by atoms with Crippen LogP contribution in [0.15, 0.2) is 70.7 Å². The van der Waals surface area contributed by atoms with Crippen molar-refractivity contribution in [3.63, 3.8) is 0 Å². The van der Waals surface area contributed by atoms with Gasteiger partial charge in [-0.15, -0.1) is 0 Å². The van der Waals surface area contributed by atoms with Gasteiger partial charge in [-0.3, -0.25) is 14.5 Å². The Morgan fingerprint density at radius 2 is 2.03 bits per heavy atom. The van der Waals surface area contributed by atoms with Crippen LogP contribution in [0.2, 0.25) is 5.02 Å². The summed E-state index contributed by atoms with van der Waals surface area (Å²) >= 11 is 7.44. The number of carbonyl (C=O) groups excluding carboxylic acids is 2. The molecule has 1 N–H and O–H groups in total. The molecule has 4 rings (SSSR count). The molecule has 0 fully saturated rings. The molecule has 0 radical (unpaired) electrons. The van der Waals surface area contributed by atoms with Crippen LogP contribution < -0.4 is 15.0 Å². The number of aromatic nitrogens is 1. The molecule has 1 aliphatic rings. The number of hydrogen-bond donors (Lipinski definition) is 1. The second kappa shape index (κ2) is 8.14. The second-order valence-electron chi connectivity index (χ2n) is 6.21. The molecule has 146 valence electrons. The number of ether oxygens (including phenoxy) is 1. The molecule has 29 heavy (non-hydrogen) atoms. The predicted molar refractivity (Wildman–Crippen MR) is 113 cm³/mol. The van der Waals surface area contributed by atoms with E-state index in [1.165, 1.54) is 23.8 Å². The highest BCUT2D eigenvalue weighted by Crippen LogP contribution is 2.40. The Labute approximate surface area is 176 Å². The lowest BCUT2D eigenvalue weighted by molar-refractivity contribution is -0.114. The molecule has 1 aromatic heterocycles. The number of carbonyl (C=O) groups is 2. The van der Waals surface area contributed by atoms with Crippen LogP contribution >= 0.6 is 23.4 Å². The van der Waals surface area contributed by atoms with Crippen molar-refractivity contribution in [2.75, 3.05) is 23.9 Å². The van der Waals surface area contributed by atoms with Crippen molar-refractivity contribution in [3.8, 4) is 5.75 Å². The predicted octanol–water partition coefficient (Wildman–Crippen LogP) is 4.49. The van der Waals surface area contributed by atoms with Crippen LogP contribution in [0.5, 0.6) is 5.75 Å². The standard InChI is InChI=1S/C21H16ClN3O3S/c1-28-17-9-8-13(22)11-15(17)24-19(26)12-25-16-6-2-3-7-18(16)29-20-14(21(25)27)5-4-10-23-20/h2-11H,12H2,1H3,(H,24,26). The van der Waals surface area contributed by atoms with E-state index < -0.39 is 0 Å². The molecule has 3 aromatic rings. The number of pyridine rings is 1. The quantitative estimate of drug-likeness (QED) is 0.666. The van der Waals surface area contributed by atoms with Crippen molar-refractivity contribution < 1.29 is 14.3 Å². The molecule has 0 atom stereocenters. The average Bonchev–Trinajstić information content (AvgIpc) is 2.83. The van der Waals surface area contributed by atoms with E-state index in [4.69, 9.17) is 16.3 Å². The molecule has 0 saturated carbocycles. The number of halogens is 1. The van der Waals surface area contributed by atoms with Gasteiger partial charge >= 0.3 is 0 Å². The summed E-state index contributed by atoms with van der Waals surface area (Å²) in [6.45, 7) is -0.166. The summed E-state index contributed by atoms with van der Waals surface area (Å²) in [5.41, 5.74) is 1.56. The summed E-state index contributed by atoms with van der Waals surface area (Å²) in [7, 11) is 1.51. The molecule has 8 heteroatoms. The molecule has 0 spiro atoms. The third kappa shape index (κ3) is 3.92. The number of nitrogens with zero attached hydrogens (tertiary/aromatic N) is 2. The molecule has 0 bridgehead atoms. The Kier molecular flexibility index (Phi) is 5.42. The van der Waals surface area contributed by atoms with Gasteiger partial charge in [0.2, 0.25) is 5.91 Å². The summed E-state index contributed by atoms with van der Waals surface area (Å²) in [5, 5.41) is 3.86. The van der Waals surface area contributed by atoms with Crippen molar-refractivity contribution in [1.82, 2.24) is 4.98 Å². The minimum atomic E-state index is -0.369. The lowest BCUT2D eigenvalue weighted by Gasteiger charge is -2.22. The van der Waals surface area contributed by atoms with Gasteiger partial charge in [-0.05, 0) is 42.5 Å². The zero-order valence-corrected chi connectivity index (χ0v) is 17.0. The first-order valence-corrected chi connectivity index (χ1v) is 9.93. The van der Waals surface area contributed by atoms with Crippen LogP contribution in [0.25, 0.3) is 0 Å². The maximum absolute atomic E-state index is 13.2. The molecule has 2 heterocycles. The lowest BCUT2D eigenvalue weighted by Crippen LogP contribution is -2.38. The Bertz CT molecular complexity index is 1110. The number of methoxy groups -OCH3 is 1. The highest BCUT2D eigenvalue weighted by molar-refractivity contribution is 7.99. The van der Waals surface area contributed by atoms with Crippen molar-refractivity contribution in [2.24, 2.45) is 0 Å². The zero-order valence-electron chi connectivity index (χ0n) is 15.4. The van der Waals surface area contributed by atoms with Gasteiger partial charge in [0.25, 0.3) is 5.91 Å². The average molecular weight is 426 g/mol. The SMILES string of the molecule is COc1ccc(Cl)cc1NC(=O)CN1C(=O)c2cccnc2Sc2ccccc21. The monoisotopic (exact) mass is 425 g/mol. The fourth-order valence-electron chi connectivity index (χ4n) is 3.03. The topological polar surface area (TPSA) is 71.5 Å². The Morgan fingerprint density at radius 1 is 1.21 bits per heavy atom.